The summed E-state index contributed by atoms with van der Waals surface area (Å²) in [5.74, 6) is 0.260. The van der Waals surface area contributed by atoms with Gasteiger partial charge in [-0.3, -0.25) is 4.79 Å². The number of rotatable bonds is 3. The maximum atomic E-state index is 12.0. The summed E-state index contributed by atoms with van der Waals surface area (Å²) in [5, 5.41) is 6.31. The van der Waals surface area contributed by atoms with E-state index in [2.05, 4.69) is 10.6 Å². The van der Waals surface area contributed by atoms with Crippen molar-refractivity contribution < 1.29 is 4.79 Å². The summed E-state index contributed by atoms with van der Waals surface area (Å²) in [6.45, 7) is 3.82. The Balaban J connectivity index is 0.00000162. The van der Waals surface area contributed by atoms with Crippen molar-refractivity contribution >= 4 is 41.3 Å². The van der Waals surface area contributed by atoms with Gasteiger partial charge in [0.25, 0.3) is 0 Å². The third kappa shape index (κ3) is 4.12. The maximum absolute atomic E-state index is 12.0. The molecule has 0 spiro atoms. The molecule has 1 aromatic heterocycles. The largest absolute Gasteiger partial charge is 0.348 e. The molecule has 6 heteroatoms. The highest BCUT2D eigenvalue weighted by atomic mass is 35.5. The number of hydrogen-bond acceptors (Lipinski definition) is 3. The number of hydrogen-bond donors (Lipinski definition) is 2. The van der Waals surface area contributed by atoms with Crippen LogP contribution in [0.4, 0.5) is 0 Å². The summed E-state index contributed by atoms with van der Waals surface area (Å²) in [5.41, 5.74) is 0. The van der Waals surface area contributed by atoms with Crippen LogP contribution >= 0.6 is 35.3 Å². The molecule has 0 aliphatic carbocycles. The Morgan fingerprint density at radius 1 is 1.61 bits per heavy atom. The fourth-order valence-corrected chi connectivity index (χ4v) is 3.10. The van der Waals surface area contributed by atoms with E-state index in [-0.39, 0.29) is 30.3 Å². The van der Waals surface area contributed by atoms with Gasteiger partial charge in [0.1, 0.15) is 0 Å². The van der Waals surface area contributed by atoms with Crippen LogP contribution in [0.2, 0.25) is 4.34 Å². The number of nitrogens with one attached hydrogen (secondary N) is 2. The van der Waals surface area contributed by atoms with E-state index in [1.165, 1.54) is 11.3 Å². The summed E-state index contributed by atoms with van der Waals surface area (Å²) >= 11 is 7.41. The molecule has 1 aromatic rings. The average Bonchev–Trinajstić information content (AvgIpc) is 2.77. The molecule has 18 heavy (non-hydrogen) atoms. The highest BCUT2D eigenvalue weighted by Crippen LogP contribution is 2.27. The van der Waals surface area contributed by atoms with Gasteiger partial charge in [-0.25, -0.2) is 0 Å². The third-order valence-corrected chi connectivity index (χ3v) is 4.46. The van der Waals surface area contributed by atoms with Crippen LogP contribution in [0, 0.1) is 5.92 Å². The Bertz CT molecular complexity index is 391. The van der Waals surface area contributed by atoms with Crippen LogP contribution in [0.3, 0.4) is 0 Å². The lowest BCUT2D eigenvalue weighted by atomic mass is 9.98. The minimum absolute atomic E-state index is 0. The highest BCUT2D eigenvalue weighted by molar-refractivity contribution is 7.16. The average molecular weight is 309 g/mol. The summed E-state index contributed by atoms with van der Waals surface area (Å²) in [6, 6.07) is 3.88. The second kappa shape index (κ2) is 7.34. The standard InChI is InChI=1S/C12H17ClN2OS.ClH/c1-8(10-4-5-11(13)17-10)15-12(16)9-3-2-6-14-7-9;/h4-5,8-9,14H,2-3,6-7H2,1H3,(H,15,16);1H. The van der Waals surface area contributed by atoms with Crippen molar-refractivity contribution in [3.05, 3.63) is 21.3 Å². The van der Waals surface area contributed by atoms with Crippen molar-refractivity contribution in [2.75, 3.05) is 13.1 Å². The molecule has 2 heterocycles. The Labute approximate surface area is 123 Å². The smallest absolute Gasteiger partial charge is 0.224 e. The fourth-order valence-electron chi connectivity index (χ4n) is 2.04. The maximum Gasteiger partial charge on any atom is 0.224 e. The first-order valence-electron chi connectivity index (χ1n) is 5.93. The second-order valence-electron chi connectivity index (χ2n) is 4.42. The van der Waals surface area contributed by atoms with Gasteiger partial charge in [-0.2, -0.15) is 0 Å². The molecule has 0 bridgehead atoms. The number of carbonyl (C=O) groups is 1. The van der Waals surface area contributed by atoms with Crippen molar-refractivity contribution in [1.82, 2.24) is 10.6 Å². The normalized spacial score (nSPS) is 20.9. The zero-order chi connectivity index (χ0) is 12.3. The Kier molecular flexibility index (Phi) is 6.43. The lowest BCUT2D eigenvalue weighted by Gasteiger charge is -2.23. The van der Waals surface area contributed by atoms with Crippen molar-refractivity contribution in [3.63, 3.8) is 0 Å². The van der Waals surface area contributed by atoms with E-state index < -0.39 is 0 Å². The molecule has 1 aliphatic rings. The SMILES string of the molecule is CC(NC(=O)C1CCCNC1)c1ccc(Cl)s1.Cl. The van der Waals surface area contributed by atoms with Crippen LogP contribution < -0.4 is 10.6 Å². The molecule has 1 amide bonds. The minimum Gasteiger partial charge on any atom is -0.348 e. The summed E-state index contributed by atoms with van der Waals surface area (Å²) < 4.78 is 0.764. The predicted octanol–water partition coefficient (Wildman–Crippen LogP) is 3.00. The molecule has 2 unspecified atom stereocenters. The molecule has 2 rings (SSSR count). The van der Waals surface area contributed by atoms with E-state index in [0.29, 0.717) is 0 Å². The molecule has 2 atom stereocenters. The molecule has 0 aromatic carbocycles. The van der Waals surface area contributed by atoms with E-state index >= 15 is 0 Å². The van der Waals surface area contributed by atoms with Gasteiger partial charge in [-0.15, -0.1) is 23.7 Å². The Morgan fingerprint density at radius 2 is 2.39 bits per heavy atom. The van der Waals surface area contributed by atoms with Gasteiger partial charge in [-0.1, -0.05) is 11.6 Å². The first-order chi connectivity index (χ1) is 8.16. The molecule has 0 saturated carbocycles. The summed E-state index contributed by atoms with van der Waals surface area (Å²) in [7, 11) is 0. The van der Waals surface area contributed by atoms with E-state index in [0.717, 1.165) is 35.1 Å². The van der Waals surface area contributed by atoms with Crippen LogP contribution in [-0.2, 0) is 4.79 Å². The predicted molar refractivity (Wildman–Crippen MR) is 78.7 cm³/mol. The van der Waals surface area contributed by atoms with E-state index in [9.17, 15) is 4.79 Å². The van der Waals surface area contributed by atoms with Gasteiger partial charge in [0.15, 0.2) is 0 Å². The van der Waals surface area contributed by atoms with Crippen LogP contribution in [-0.4, -0.2) is 19.0 Å². The van der Waals surface area contributed by atoms with Crippen molar-refractivity contribution in [1.29, 1.82) is 0 Å². The zero-order valence-corrected chi connectivity index (χ0v) is 12.6. The third-order valence-electron chi connectivity index (χ3n) is 3.05. The van der Waals surface area contributed by atoms with Crippen LogP contribution in [0.1, 0.15) is 30.7 Å². The number of halogens is 2. The monoisotopic (exact) mass is 308 g/mol. The fraction of sp³-hybridized carbons (Fsp3) is 0.583. The number of carbonyl (C=O) groups excluding carboxylic acids is 1. The van der Waals surface area contributed by atoms with Crippen molar-refractivity contribution in [2.24, 2.45) is 5.92 Å². The first-order valence-corrected chi connectivity index (χ1v) is 7.12. The van der Waals surface area contributed by atoms with Crippen LogP contribution in [0.15, 0.2) is 12.1 Å². The minimum atomic E-state index is 0. The lowest BCUT2D eigenvalue weighted by molar-refractivity contribution is -0.126. The zero-order valence-electron chi connectivity index (χ0n) is 10.2. The number of thiophene rings is 1. The van der Waals surface area contributed by atoms with E-state index in [1.54, 1.807) is 0 Å². The van der Waals surface area contributed by atoms with Gasteiger partial charge in [0.2, 0.25) is 5.91 Å². The highest BCUT2D eigenvalue weighted by Gasteiger charge is 2.22. The molecule has 3 nitrogen and oxygen atoms in total. The second-order valence-corrected chi connectivity index (χ2v) is 6.16. The number of piperidine rings is 1. The Morgan fingerprint density at radius 3 is 2.94 bits per heavy atom. The quantitative estimate of drug-likeness (QED) is 0.901. The van der Waals surface area contributed by atoms with Gasteiger partial charge in [0.05, 0.1) is 16.3 Å². The topological polar surface area (TPSA) is 41.1 Å². The summed E-state index contributed by atoms with van der Waals surface area (Å²) in [6.07, 6.45) is 2.06. The van der Waals surface area contributed by atoms with Crippen LogP contribution in [0.25, 0.3) is 0 Å². The Hall–Kier alpha value is -0.290. The molecular formula is C12H18Cl2N2OS. The molecule has 102 valence electrons. The van der Waals surface area contributed by atoms with E-state index in [4.69, 9.17) is 11.6 Å². The molecule has 0 radical (unpaired) electrons. The molecule has 1 fully saturated rings. The lowest BCUT2D eigenvalue weighted by Crippen LogP contribution is -2.41. The molecule has 1 aliphatic heterocycles. The van der Waals surface area contributed by atoms with Crippen LogP contribution in [0.5, 0.6) is 0 Å². The van der Waals surface area contributed by atoms with E-state index in [1.807, 2.05) is 19.1 Å². The first kappa shape index (κ1) is 15.8. The molecular weight excluding hydrogens is 291 g/mol. The van der Waals surface area contributed by atoms with Gasteiger partial charge in [0, 0.05) is 11.4 Å². The molecule has 1 saturated heterocycles. The van der Waals surface area contributed by atoms with Gasteiger partial charge < -0.3 is 10.6 Å². The van der Waals surface area contributed by atoms with Gasteiger partial charge in [-0.05, 0) is 38.4 Å². The van der Waals surface area contributed by atoms with Gasteiger partial charge >= 0.3 is 0 Å². The van der Waals surface area contributed by atoms with Crippen molar-refractivity contribution in [3.8, 4) is 0 Å². The number of amides is 1. The molecule has 2 N–H and O–H groups in total. The summed E-state index contributed by atoms with van der Waals surface area (Å²) in [4.78, 5) is 13.1. The van der Waals surface area contributed by atoms with Crippen molar-refractivity contribution in [2.45, 2.75) is 25.8 Å².